The van der Waals surface area contributed by atoms with E-state index in [1.807, 2.05) is 36.5 Å². The molecule has 1 aromatic heterocycles. The van der Waals surface area contributed by atoms with Gasteiger partial charge in [-0.15, -0.1) is 9.82 Å². The highest BCUT2D eigenvalue weighted by Crippen LogP contribution is 2.30. The number of alkyl halides is 3. The lowest BCUT2D eigenvalue weighted by molar-refractivity contribution is -0.137. The summed E-state index contributed by atoms with van der Waals surface area (Å²) in [5, 5.41) is 8.35. The number of nitrogens with zero attached hydrogens (tertiary/aromatic N) is 4. The Morgan fingerprint density at radius 3 is 2.70 bits per heavy atom. The Kier molecular flexibility index (Phi) is 6.09. The highest BCUT2D eigenvalue weighted by atomic mass is 32.2. The van der Waals surface area contributed by atoms with E-state index in [1.54, 1.807) is 4.68 Å². The normalized spacial score (nSPS) is 18.6. The standard InChI is InChI=1S/C20H20F3N5OS/c21-20(22,23)15-5-4-8-19(11-15)30(29)25-16-9-10-27(12-16)13-17-14-28(26-24-17)18-6-2-1-3-7-18/h1-8,11,14,16,25H,9-10,12-13H2/t16-,30?/m1/s1. The third-order valence-electron chi connectivity index (χ3n) is 4.87. The van der Waals surface area contributed by atoms with E-state index >= 15 is 0 Å². The molecule has 1 aliphatic rings. The number of benzene rings is 2. The molecule has 0 amide bonds. The van der Waals surface area contributed by atoms with Crippen molar-refractivity contribution in [2.45, 2.75) is 30.1 Å². The first-order valence-electron chi connectivity index (χ1n) is 9.43. The van der Waals surface area contributed by atoms with Crippen molar-refractivity contribution >= 4 is 11.4 Å². The van der Waals surface area contributed by atoms with Gasteiger partial charge in [0.15, 0.2) is 4.90 Å². The van der Waals surface area contributed by atoms with Crippen molar-refractivity contribution in [1.82, 2.24) is 24.6 Å². The lowest BCUT2D eigenvalue weighted by Crippen LogP contribution is -2.37. The summed E-state index contributed by atoms with van der Waals surface area (Å²) in [5.41, 5.74) is 0.942. The second-order valence-corrected chi connectivity index (χ2v) is 8.37. The van der Waals surface area contributed by atoms with Crippen LogP contribution in [0.1, 0.15) is 17.7 Å². The van der Waals surface area contributed by atoms with Gasteiger partial charge in [-0.1, -0.05) is 29.5 Å². The van der Waals surface area contributed by atoms with Gasteiger partial charge in [-0.05, 0) is 30.7 Å². The second-order valence-electron chi connectivity index (χ2n) is 7.12. The molecule has 0 bridgehead atoms. The van der Waals surface area contributed by atoms with Gasteiger partial charge in [0.2, 0.25) is 0 Å². The Hall–Kier alpha value is -2.40. The number of para-hydroxylation sites is 1. The van der Waals surface area contributed by atoms with Crippen LogP contribution in [-0.2, 0) is 24.1 Å². The van der Waals surface area contributed by atoms with Crippen molar-refractivity contribution in [1.29, 1.82) is 0 Å². The molecular weight excluding hydrogens is 415 g/mol. The molecule has 1 fully saturated rings. The first-order valence-corrected chi connectivity index (χ1v) is 10.6. The van der Waals surface area contributed by atoms with Crippen LogP contribution < -0.4 is 4.72 Å². The zero-order valence-electron chi connectivity index (χ0n) is 15.9. The lowest BCUT2D eigenvalue weighted by Gasteiger charge is -2.17. The van der Waals surface area contributed by atoms with Gasteiger partial charge >= 0.3 is 6.18 Å². The second kappa shape index (κ2) is 8.76. The Morgan fingerprint density at radius 2 is 1.93 bits per heavy atom. The van der Waals surface area contributed by atoms with E-state index in [4.69, 9.17) is 0 Å². The summed E-state index contributed by atoms with van der Waals surface area (Å²) in [5.74, 6) is 0. The molecule has 2 heterocycles. The molecule has 0 aliphatic carbocycles. The summed E-state index contributed by atoms with van der Waals surface area (Å²) in [6.45, 7) is 2.00. The van der Waals surface area contributed by atoms with Crippen LogP contribution in [0.5, 0.6) is 0 Å². The maximum Gasteiger partial charge on any atom is 0.416 e. The fraction of sp³-hybridized carbons (Fsp3) is 0.300. The predicted molar refractivity (Wildman–Crippen MR) is 106 cm³/mol. The van der Waals surface area contributed by atoms with Gasteiger partial charge in [-0.25, -0.2) is 4.68 Å². The van der Waals surface area contributed by atoms with Crippen LogP contribution in [0.3, 0.4) is 0 Å². The van der Waals surface area contributed by atoms with Gasteiger partial charge < -0.3 is 4.55 Å². The van der Waals surface area contributed by atoms with Gasteiger partial charge in [0.25, 0.3) is 0 Å². The predicted octanol–water partition coefficient (Wildman–Crippen LogP) is 3.17. The van der Waals surface area contributed by atoms with Crippen molar-refractivity contribution in [2.24, 2.45) is 0 Å². The average molecular weight is 435 g/mol. The molecule has 3 aromatic rings. The molecule has 2 atom stereocenters. The number of aromatic nitrogens is 3. The van der Waals surface area contributed by atoms with Gasteiger partial charge in [0.05, 0.1) is 40.5 Å². The Balaban J connectivity index is 1.32. The summed E-state index contributed by atoms with van der Waals surface area (Å²) >= 11 is -1.71. The van der Waals surface area contributed by atoms with E-state index < -0.39 is 23.1 Å². The highest BCUT2D eigenvalue weighted by molar-refractivity contribution is 7.89. The van der Waals surface area contributed by atoms with Gasteiger partial charge in [0, 0.05) is 25.7 Å². The molecule has 4 rings (SSSR count). The van der Waals surface area contributed by atoms with E-state index in [2.05, 4.69) is 19.9 Å². The fourth-order valence-electron chi connectivity index (χ4n) is 3.39. The van der Waals surface area contributed by atoms with E-state index in [-0.39, 0.29) is 10.9 Å². The molecule has 1 saturated heterocycles. The molecule has 30 heavy (non-hydrogen) atoms. The molecule has 0 saturated carbocycles. The van der Waals surface area contributed by atoms with Crippen molar-refractivity contribution in [2.75, 3.05) is 13.1 Å². The summed E-state index contributed by atoms with van der Waals surface area (Å²) in [7, 11) is 0. The van der Waals surface area contributed by atoms with Crippen LogP contribution in [0.15, 0.2) is 65.7 Å². The first kappa shape index (κ1) is 20.9. The lowest BCUT2D eigenvalue weighted by atomic mass is 10.2. The molecule has 1 aliphatic heterocycles. The van der Waals surface area contributed by atoms with Gasteiger partial charge in [0.1, 0.15) is 0 Å². The smallest absolute Gasteiger partial charge is 0.416 e. The van der Waals surface area contributed by atoms with Crippen LogP contribution in [0, 0.1) is 0 Å². The van der Waals surface area contributed by atoms with E-state index in [0.717, 1.165) is 36.5 Å². The molecule has 2 aromatic carbocycles. The summed E-state index contributed by atoms with van der Waals surface area (Å²) in [6, 6.07) is 14.2. The number of hydrogen-bond donors (Lipinski definition) is 1. The molecule has 6 nitrogen and oxygen atoms in total. The summed E-state index contributed by atoms with van der Waals surface area (Å²) in [6.07, 6.45) is -1.84. The minimum Gasteiger partial charge on any atom is -0.593 e. The molecule has 1 N–H and O–H groups in total. The summed E-state index contributed by atoms with van der Waals surface area (Å²) in [4.78, 5) is 2.27. The zero-order valence-corrected chi connectivity index (χ0v) is 16.7. The van der Waals surface area contributed by atoms with E-state index in [0.29, 0.717) is 13.1 Å². The minimum atomic E-state index is -4.46. The van der Waals surface area contributed by atoms with Crippen LogP contribution in [0.4, 0.5) is 13.2 Å². The maximum absolute atomic E-state index is 12.9. The number of halogens is 3. The topological polar surface area (TPSA) is 69.0 Å². The maximum atomic E-state index is 12.9. The quantitative estimate of drug-likeness (QED) is 0.603. The fourth-order valence-corrected chi connectivity index (χ4v) is 4.45. The van der Waals surface area contributed by atoms with Crippen LogP contribution >= 0.6 is 0 Å². The summed E-state index contributed by atoms with van der Waals surface area (Å²) < 4.78 is 55.7. The highest BCUT2D eigenvalue weighted by Gasteiger charge is 2.33. The third-order valence-corrected chi connectivity index (χ3v) is 6.10. The van der Waals surface area contributed by atoms with E-state index in [1.165, 1.54) is 12.1 Å². The third kappa shape index (κ3) is 5.01. The largest absolute Gasteiger partial charge is 0.593 e. The molecule has 0 radical (unpaired) electrons. The monoisotopic (exact) mass is 435 g/mol. The number of hydrogen-bond acceptors (Lipinski definition) is 5. The SMILES string of the molecule is [O-][S+](N[C@@H]1CCN(Cc2cn(-c3ccccc3)nn2)C1)c1cccc(C(F)(F)F)c1. The van der Waals surface area contributed by atoms with Crippen LogP contribution in [-0.4, -0.2) is 43.6 Å². The van der Waals surface area contributed by atoms with Gasteiger partial charge in [-0.3, -0.25) is 4.90 Å². The van der Waals surface area contributed by atoms with Crippen molar-refractivity contribution < 1.29 is 17.7 Å². The number of nitrogens with one attached hydrogen (secondary N) is 1. The molecule has 10 heteroatoms. The van der Waals surface area contributed by atoms with Crippen molar-refractivity contribution in [3.05, 3.63) is 72.1 Å². The molecule has 158 valence electrons. The minimum absolute atomic E-state index is 0.0791. The zero-order chi connectivity index (χ0) is 21.1. The van der Waals surface area contributed by atoms with Gasteiger partial charge in [-0.2, -0.15) is 13.2 Å². The van der Waals surface area contributed by atoms with E-state index in [9.17, 15) is 17.7 Å². The Morgan fingerprint density at radius 1 is 1.13 bits per heavy atom. The number of rotatable bonds is 6. The molecule has 1 unspecified atom stereocenters. The van der Waals surface area contributed by atoms with Crippen LogP contribution in [0.25, 0.3) is 5.69 Å². The molecular formula is C20H20F3N5OS. The Bertz CT molecular complexity index is 982. The van der Waals surface area contributed by atoms with Crippen LogP contribution in [0.2, 0.25) is 0 Å². The first-order chi connectivity index (χ1) is 14.4. The Labute approximate surface area is 175 Å². The average Bonchev–Trinajstić information content (AvgIpc) is 3.38. The van der Waals surface area contributed by atoms with Crippen molar-refractivity contribution in [3.8, 4) is 5.69 Å². The molecule has 0 spiro atoms. The number of likely N-dealkylation sites (tertiary alicyclic amines) is 1. The van der Waals surface area contributed by atoms with Crippen molar-refractivity contribution in [3.63, 3.8) is 0 Å².